The normalized spacial score (nSPS) is 13.4. The highest BCUT2D eigenvalue weighted by molar-refractivity contribution is 5.78. The van der Waals surface area contributed by atoms with Crippen molar-refractivity contribution in [2.24, 2.45) is 5.41 Å². The van der Waals surface area contributed by atoms with Gasteiger partial charge < -0.3 is 4.74 Å². The average Bonchev–Trinajstić information content (AvgIpc) is 2.18. The summed E-state index contributed by atoms with van der Waals surface area (Å²) in [4.78, 5) is 11.5. The van der Waals surface area contributed by atoms with Crippen LogP contribution in [-0.4, -0.2) is 12.6 Å². The third kappa shape index (κ3) is 3.66. The molecule has 78 valence electrons. The molecule has 0 N–H and O–H groups in total. The lowest BCUT2D eigenvalue weighted by atomic mass is 9.86. The number of ether oxygens (including phenoxy) is 1. The molecule has 0 fully saturated rings. The van der Waals surface area contributed by atoms with Gasteiger partial charge >= 0.3 is 5.97 Å². The molecule has 0 saturated heterocycles. The molecule has 0 aromatic carbocycles. The van der Waals surface area contributed by atoms with Crippen molar-refractivity contribution in [2.75, 3.05) is 6.61 Å². The molecule has 2 nitrogen and oxygen atoms in total. The fourth-order valence-electron chi connectivity index (χ4n) is 1.03. The largest absolute Gasteiger partial charge is 0.465 e. The van der Waals surface area contributed by atoms with E-state index < -0.39 is 5.41 Å². The predicted octanol–water partition coefficient (Wildman–Crippen LogP) is 2.55. The Balaban J connectivity index is 4.35. The number of rotatable bonds is 5. The van der Waals surface area contributed by atoms with Crippen molar-refractivity contribution >= 4 is 5.97 Å². The summed E-state index contributed by atoms with van der Waals surface area (Å²) in [6.07, 6.45) is 3.00. The molecule has 0 aromatic heterocycles. The Labute approximate surface area is 86.3 Å². The van der Waals surface area contributed by atoms with Crippen LogP contribution in [0.4, 0.5) is 0 Å². The summed E-state index contributed by atoms with van der Waals surface area (Å²) in [5, 5.41) is 0. The van der Waals surface area contributed by atoms with Gasteiger partial charge in [0.1, 0.15) is 0 Å². The minimum atomic E-state index is -0.597. The number of hydrogen-bond donors (Lipinski definition) is 0. The molecule has 0 heterocycles. The van der Waals surface area contributed by atoms with E-state index in [1.807, 2.05) is 6.92 Å². The van der Waals surface area contributed by atoms with E-state index in [1.54, 1.807) is 19.9 Å². The molecule has 0 aromatic rings. The van der Waals surface area contributed by atoms with E-state index in [0.29, 0.717) is 19.4 Å². The first-order chi connectivity index (χ1) is 6.60. The van der Waals surface area contributed by atoms with Crippen LogP contribution in [0.15, 0.2) is 12.7 Å². The van der Waals surface area contributed by atoms with Crippen LogP contribution >= 0.6 is 0 Å². The lowest BCUT2D eigenvalue weighted by Gasteiger charge is -2.21. The van der Waals surface area contributed by atoms with E-state index in [9.17, 15) is 4.79 Å². The molecule has 1 unspecified atom stereocenters. The first-order valence-electron chi connectivity index (χ1n) is 4.81. The second-order valence-electron chi connectivity index (χ2n) is 3.27. The highest BCUT2D eigenvalue weighted by Crippen LogP contribution is 2.26. The van der Waals surface area contributed by atoms with Gasteiger partial charge in [-0.25, -0.2) is 0 Å². The van der Waals surface area contributed by atoms with Crippen molar-refractivity contribution in [2.45, 2.75) is 33.6 Å². The molecular formula is C12H18O2. The van der Waals surface area contributed by atoms with Crippen molar-refractivity contribution in [1.82, 2.24) is 0 Å². The summed E-state index contributed by atoms with van der Waals surface area (Å²) in [6.45, 7) is 9.49. The molecule has 0 saturated carbocycles. The van der Waals surface area contributed by atoms with E-state index in [4.69, 9.17) is 4.74 Å². The number of carbonyl (C=O) groups excluding carboxylic acids is 1. The Kier molecular flexibility index (Phi) is 5.71. The lowest BCUT2D eigenvalue weighted by Crippen LogP contribution is -2.27. The monoisotopic (exact) mass is 194 g/mol. The maximum Gasteiger partial charge on any atom is 0.315 e. The molecular weight excluding hydrogens is 176 g/mol. The van der Waals surface area contributed by atoms with E-state index >= 15 is 0 Å². The van der Waals surface area contributed by atoms with Crippen molar-refractivity contribution in [1.29, 1.82) is 0 Å². The van der Waals surface area contributed by atoms with Crippen LogP contribution in [0.2, 0.25) is 0 Å². The third-order valence-electron chi connectivity index (χ3n) is 2.14. The molecule has 0 aliphatic heterocycles. The molecule has 0 radical (unpaired) electrons. The van der Waals surface area contributed by atoms with Crippen molar-refractivity contribution in [3.05, 3.63) is 12.7 Å². The van der Waals surface area contributed by atoms with Crippen LogP contribution in [0.1, 0.15) is 33.6 Å². The van der Waals surface area contributed by atoms with Crippen LogP contribution in [0.3, 0.4) is 0 Å². The van der Waals surface area contributed by atoms with Gasteiger partial charge in [-0.05, 0) is 27.2 Å². The second-order valence-corrected chi connectivity index (χ2v) is 3.27. The maximum atomic E-state index is 11.5. The Morgan fingerprint density at radius 1 is 1.64 bits per heavy atom. The first kappa shape index (κ1) is 12.8. The Morgan fingerprint density at radius 3 is 2.71 bits per heavy atom. The topological polar surface area (TPSA) is 26.3 Å². The molecule has 0 aliphatic carbocycles. The van der Waals surface area contributed by atoms with Crippen molar-refractivity contribution in [3.8, 4) is 11.8 Å². The average molecular weight is 194 g/mol. The van der Waals surface area contributed by atoms with Crippen LogP contribution in [-0.2, 0) is 9.53 Å². The zero-order valence-electron chi connectivity index (χ0n) is 9.22. The molecule has 0 rings (SSSR count). The zero-order chi connectivity index (χ0) is 11.0. The number of carbonyl (C=O) groups is 1. The summed E-state index contributed by atoms with van der Waals surface area (Å²) in [5.74, 6) is 5.51. The lowest BCUT2D eigenvalue weighted by molar-refractivity contribution is -0.151. The summed E-state index contributed by atoms with van der Waals surface area (Å²) in [5.41, 5.74) is -0.597. The van der Waals surface area contributed by atoms with Gasteiger partial charge in [-0.1, -0.05) is 6.08 Å². The Morgan fingerprint density at radius 2 is 2.29 bits per heavy atom. The smallest absolute Gasteiger partial charge is 0.315 e. The number of esters is 1. The van der Waals surface area contributed by atoms with Crippen molar-refractivity contribution in [3.63, 3.8) is 0 Å². The molecule has 1 atom stereocenters. The molecule has 2 heteroatoms. The SMILES string of the molecule is C=CC(C)(CCC#CC)C(=O)OCC. The number of hydrogen-bond acceptors (Lipinski definition) is 2. The fraction of sp³-hybridized carbons (Fsp3) is 0.583. The van der Waals surface area contributed by atoms with Gasteiger partial charge in [-0.2, -0.15) is 0 Å². The summed E-state index contributed by atoms with van der Waals surface area (Å²) in [6, 6.07) is 0. The Hall–Kier alpha value is -1.23. The van der Waals surface area contributed by atoms with Crippen LogP contribution in [0, 0.1) is 17.3 Å². The van der Waals surface area contributed by atoms with Gasteiger partial charge in [0.05, 0.1) is 12.0 Å². The summed E-state index contributed by atoms with van der Waals surface area (Å²) >= 11 is 0. The quantitative estimate of drug-likeness (QED) is 0.382. The molecule has 0 spiro atoms. The molecule has 0 bridgehead atoms. The maximum absolute atomic E-state index is 11.5. The van der Waals surface area contributed by atoms with Crippen molar-refractivity contribution < 1.29 is 9.53 Å². The van der Waals surface area contributed by atoms with E-state index in [0.717, 1.165) is 0 Å². The van der Waals surface area contributed by atoms with Crippen LogP contribution in [0.5, 0.6) is 0 Å². The highest BCUT2D eigenvalue weighted by Gasteiger charge is 2.30. The summed E-state index contributed by atoms with van der Waals surface area (Å²) < 4.78 is 4.97. The zero-order valence-corrected chi connectivity index (χ0v) is 9.22. The fourth-order valence-corrected chi connectivity index (χ4v) is 1.03. The van der Waals surface area contributed by atoms with E-state index in [-0.39, 0.29) is 5.97 Å². The minimum absolute atomic E-state index is 0.215. The summed E-state index contributed by atoms with van der Waals surface area (Å²) in [7, 11) is 0. The van der Waals surface area contributed by atoms with E-state index in [2.05, 4.69) is 18.4 Å². The first-order valence-corrected chi connectivity index (χ1v) is 4.81. The third-order valence-corrected chi connectivity index (χ3v) is 2.14. The minimum Gasteiger partial charge on any atom is -0.465 e. The van der Waals surface area contributed by atoms with Crippen LogP contribution < -0.4 is 0 Å². The van der Waals surface area contributed by atoms with Gasteiger partial charge in [0, 0.05) is 6.42 Å². The highest BCUT2D eigenvalue weighted by atomic mass is 16.5. The standard InChI is InChI=1S/C12H18O2/c1-5-8-9-10-12(4,6-2)11(13)14-7-3/h6H,2,7,9-10H2,1,3-4H3. The molecule has 0 amide bonds. The second kappa shape index (κ2) is 6.26. The Bertz CT molecular complexity index is 257. The van der Waals surface area contributed by atoms with E-state index in [1.165, 1.54) is 0 Å². The van der Waals surface area contributed by atoms with Gasteiger partial charge in [0.15, 0.2) is 0 Å². The molecule has 14 heavy (non-hydrogen) atoms. The van der Waals surface area contributed by atoms with Gasteiger partial charge in [-0.3, -0.25) is 4.79 Å². The van der Waals surface area contributed by atoms with Gasteiger partial charge in [-0.15, -0.1) is 18.4 Å². The predicted molar refractivity (Wildman–Crippen MR) is 57.6 cm³/mol. The van der Waals surface area contributed by atoms with Gasteiger partial charge in [0.2, 0.25) is 0 Å². The molecule has 0 aliphatic rings. The van der Waals surface area contributed by atoms with Gasteiger partial charge in [0.25, 0.3) is 0 Å². The van der Waals surface area contributed by atoms with Crippen LogP contribution in [0.25, 0.3) is 0 Å².